The fourth-order valence-electron chi connectivity index (χ4n) is 2.24. The van der Waals surface area contributed by atoms with Crippen LogP contribution in [0, 0.1) is 0 Å². The second kappa shape index (κ2) is 8.75. The first-order valence-electron chi connectivity index (χ1n) is 8.28. The summed E-state index contributed by atoms with van der Waals surface area (Å²) in [6, 6.07) is 11.5. The smallest absolute Gasteiger partial charge is 0.362 e. The summed E-state index contributed by atoms with van der Waals surface area (Å²) in [7, 11) is -4.43. The van der Waals surface area contributed by atoms with Gasteiger partial charge in [0.05, 0.1) is 17.2 Å². The molecule has 0 spiro atoms. The predicted molar refractivity (Wildman–Crippen MR) is 104 cm³/mol. The number of halogens is 1. The van der Waals surface area contributed by atoms with Gasteiger partial charge in [0.1, 0.15) is 11.5 Å². The van der Waals surface area contributed by atoms with Crippen molar-refractivity contribution in [2.75, 3.05) is 6.35 Å². The van der Waals surface area contributed by atoms with E-state index in [2.05, 4.69) is 14.7 Å². The molecule has 152 valence electrons. The lowest BCUT2D eigenvalue weighted by molar-refractivity contribution is -0.149. The van der Waals surface area contributed by atoms with Crippen LogP contribution in [0.5, 0.6) is 17.4 Å². The standard InChI is InChI=1S/C18H16ClN2O7P/c1-11(18(22)26-10-29(23,24)25)27-13-3-5-14(6-4-13)28-17-9-20-16-8-12(19)2-7-15(16)21-17/h2-9,11H,10H2,1H3,(H2,23,24,25). The van der Waals surface area contributed by atoms with E-state index in [1.54, 1.807) is 42.5 Å². The minimum atomic E-state index is -4.43. The van der Waals surface area contributed by atoms with Crippen LogP contribution in [-0.2, 0) is 14.1 Å². The lowest BCUT2D eigenvalue weighted by Gasteiger charge is -2.14. The topological polar surface area (TPSA) is 128 Å². The molecular weight excluding hydrogens is 423 g/mol. The zero-order chi connectivity index (χ0) is 21.0. The molecule has 0 amide bonds. The number of esters is 1. The molecule has 0 aliphatic rings. The minimum Gasteiger partial charge on any atom is -0.479 e. The highest BCUT2D eigenvalue weighted by molar-refractivity contribution is 7.51. The van der Waals surface area contributed by atoms with Crippen LogP contribution >= 0.6 is 19.2 Å². The maximum atomic E-state index is 11.7. The van der Waals surface area contributed by atoms with Crippen molar-refractivity contribution in [3.05, 3.63) is 53.7 Å². The number of hydrogen-bond acceptors (Lipinski definition) is 7. The Labute approximate surface area is 170 Å². The number of benzene rings is 2. The van der Waals surface area contributed by atoms with Gasteiger partial charge >= 0.3 is 13.6 Å². The molecule has 2 N–H and O–H groups in total. The first-order chi connectivity index (χ1) is 13.7. The molecule has 1 heterocycles. The summed E-state index contributed by atoms with van der Waals surface area (Å²) in [5.74, 6) is 0.219. The highest BCUT2D eigenvalue weighted by atomic mass is 35.5. The second-order valence-electron chi connectivity index (χ2n) is 5.93. The summed E-state index contributed by atoms with van der Waals surface area (Å²) in [6.45, 7) is 1.41. The molecule has 11 heteroatoms. The number of hydrogen-bond donors (Lipinski definition) is 2. The van der Waals surface area contributed by atoms with Gasteiger partial charge in [0.2, 0.25) is 5.88 Å². The molecule has 0 fully saturated rings. The molecule has 3 rings (SSSR count). The van der Waals surface area contributed by atoms with Gasteiger partial charge in [-0.1, -0.05) is 11.6 Å². The van der Waals surface area contributed by atoms with E-state index in [0.717, 1.165) is 0 Å². The third kappa shape index (κ3) is 6.13. The molecule has 0 radical (unpaired) electrons. The molecule has 0 bridgehead atoms. The summed E-state index contributed by atoms with van der Waals surface area (Å²) in [5.41, 5.74) is 1.28. The van der Waals surface area contributed by atoms with Gasteiger partial charge in [0.15, 0.2) is 12.5 Å². The molecule has 3 aromatic rings. The van der Waals surface area contributed by atoms with Crippen molar-refractivity contribution in [3.63, 3.8) is 0 Å². The highest BCUT2D eigenvalue weighted by Crippen LogP contribution is 2.34. The summed E-state index contributed by atoms with van der Waals surface area (Å²) < 4.78 is 26.3. The molecule has 29 heavy (non-hydrogen) atoms. The van der Waals surface area contributed by atoms with E-state index >= 15 is 0 Å². The summed E-state index contributed by atoms with van der Waals surface area (Å²) >= 11 is 5.92. The van der Waals surface area contributed by atoms with E-state index in [1.165, 1.54) is 13.1 Å². The molecule has 0 aliphatic heterocycles. The summed E-state index contributed by atoms with van der Waals surface area (Å²) in [5, 5.41) is 0.566. The molecule has 9 nitrogen and oxygen atoms in total. The fraction of sp³-hybridized carbons (Fsp3) is 0.167. The third-order valence-corrected chi connectivity index (χ3v) is 4.25. The van der Waals surface area contributed by atoms with Crippen molar-refractivity contribution >= 4 is 36.2 Å². The van der Waals surface area contributed by atoms with Crippen LogP contribution < -0.4 is 9.47 Å². The number of carbonyl (C=O) groups excluding carboxylic acids is 1. The van der Waals surface area contributed by atoms with Crippen molar-refractivity contribution in [1.82, 2.24) is 9.97 Å². The van der Waals surface area contributed by atoms with Crippen molar-refractivity contribution in [2.24, 2.45) is 0 Å². The van der Waals surface area contributed by atoms with Gasteiger partial charge in [0, 0.05) is 5.02 Å². The van der Waals surface area contributed by atoms with Gasteiger partial charge in [-0.2, -0.15) is 0 Å². The van der Waals surface area contributed by atoms with Gasteiger partial charge in [-0.3, -0.25) is 4.57 Å². The Morgan fingerprint density at radius 3 is 2.52 bits per heavy atom. The van der Waals surface area contributed by atoms with Gasteiger partial charge in [-0.15, -0.1) is 0 Å². The van der Waals surface area contributed by atoms with Crippen LogP contribution in [0.4, 0.5) is 0 Å². The molecule has 1 unspecified atom stereocenters. The second-order valence-corrected chi connectivity index (χ2v) is 7.96. The maximum absolute atomic E-state index is 11.7. The SMILES string of the molecule is CC(Oc1ccc(Oc2cnc3cc(Cl)ccc3n2)cc1)C(=O)OCP(=O)(O)O. The quantitative estimate of drug-likeness (QED) is 0.420. The lowest BCUT2D eigenvalue weighted by Crippen LogP contribution is -2.26. The Kier molecular flexibility index (Phi) is 6.34. The van der Waals surface area contributed by atoms with E-state index in [-0.39, 0.29) is 0 Å². The predicted octanol–water partition coefficient (Wildman–Crippen LogP) is 3.52. The first-order valence-corrected chi connectivity index (χ1v) is 10.5. The van der Waals surface area contributed by atoms with Crippen molar-refractivity contribution < 1.29 is 33.4 Å². The average molecular weight is 439 g/mol. The highest BCUT2D eigenvalue weighted by Gasteiger charge is 2.21. The number of nitrogens with zero attached hydrogens (tertiary/aromatic N) is 2. The first kappa shape index (κ1) is 21.0. The Morgan fingerprint density at radius 2 is 1.83 bits per heavy atom. The van der Waals surface area contributed by atoms with E-state index in [9.17, 15) is 9.36 Å². The maximum Gasteiger partial charge on any atom is 0.362 e. The number of fused-ring (bicyclic) bond motifs is 1. The molecule has 0 aliphatic carbocycles. The van der Waals surface area contributed by atoms with E-state index in [0.29, 0.717) is 33.4 Å². The molecule has 1 atom stereocenters. The Bertz CT molecular complexity index is 1070. The van der Waals surface area contributed by atoms with E-state index < -0.39 is 26.0 Å². The Hall–Kier alpha value is -2.71. The zero-order valence-corrected chi connectivity index (χ0v) is 16.7. The van der Waals surface area contributed by atoms with Crippen LogP contribution in [-0.4, -0.2) is 38.2 Å². The molecular formula is C18H16ClN2O7P. The lowest BCUT2D eigenvalue weighted by atomic mass is 10.3. The van der Waals surface area contributed by atoms with Crippen LogP contribution in [0.3, 0.4) is 0 Å². The van der Waals surface area contributed by atoms with Crippen LogP contribution in [0.15, 0.2) is 48.7 Å². The van der Waals surface area contributed by atoms with Crippen LogP contribution in [0.25, 0.3) is 11.0 Å². The van der Waals surface area contributed by atoms with Crippen LogP contribution in [0.1, 0.15) is 6.92 Å². The number of aromatic nitrogens is 2. The monoisotopic (exact) mass is 438 g/mol. The van der Waals surface area contributed by atoms with Gasteiger partial charge in [0.25, 0.3) is 0 Å². The van der Waals surface area contributed by atoms with E-state index in [4.69, 9.17) is 30.9 Å². The summed E-state index contributed by atoms with van der Waals surface area (Å²) in [4.78, 5) is 37.7. The zero-order valence-electron chi connectivity index (χ0n) is 15.1. The number of carbonyl (C=O) groups is 1. The minimum absolute atomic E-state index is 0.294. The van der Waals surface area contributed by atoms with Gasteiger partial charge in [-0.05, 0) is 49.4 Å². The molecule has 1 aromatic heterocycles. The van der Waals surface area contributed by atoms with Gasteiger partial charge < -0.3 is 24.0 Å². The summed E-state index contributed by atoms with van der Waals surface area (Å²) in [6.07, 6.45) is -0.570. The van der Waals surface area contributed by atoms with Crippen LogP contribution in [0.2, 0.25) is 5.02 Å². The molecule has 0 saturated heterocycles. The normalized spacial score (nSPS) is 12.4. The largest absolute Gasteiger partial charge is 0.479 e. The third-order valence-electron chi connectivity index (χ3n) is 3.55. The number of rotatable bonds is 7. The average Bonchev–Trinajstić information content (AvgIpc) is 2.67. The van der Waals surface area contributed by atoms with E-state index in [1.807, 2.05) is 0 Å². The molecule has 0 saturated carbocycles. The van der Waals surface area contributed by atoms with Crippen molar-refractivity contribution in [2.45, 2.75) is 13.0 Å². The van der Waals surface area contributed by atoms with Crippen molar-refractivity contribution in [1.29, 1.82) is 0 Å². The fourth-order valence-corrected chi connectivity index (χ4v) is 2.70. The Morgan fingerprint density at radius 1 is 1.14 bits per heavy atom. The number of ether oxygens (including phenoxy) is 3. The molecule has 2 aromatic carbocycles. The van der Waals surface area contributed by atoms with Crippen molar-refractivity contribution in [3.8, 4) is 17.4 Å². The Balaban J connectivity index is 1.60. The van der Waals surface area contributed by atoms with Gasteiger partial charge in [-0.25, -0.2) is 14.8 Å².